The van der Waals surface area contributed by atoms with Crippen LogP contribution in [-0.2, 0) is 6.42 Å². The summed E-state index contributed by atoms with van der Waals surface area (Å²) in [5.74, 6) is 5.27. The minimum absolute atomic E-state index is 0.0791. The Morgan fingerprint density at radius 2 is 2.19 bits per heavy atom. The zero-order valence-electron chi connectivity index (χ0n) is 11.4. The van der Waals surface area contributed by atoms with Gasteiger partial charge in [0.05, 0.1) is 11.1 Å². The number of hydrogen-bond donors (Lipinski definition) is 1. The summed E-state index contributed by atoms with van der Waals surface area (Å²) in [4.78, 5) is 18.5. The Hall–Kier alpha value is -2.64. The molecule has 1 aromatic carbocycles. The van der Waals surface area contributed by atoms with Crippen molar-refractivity contribution in [1.82, 2.24) is 4.98 Å². The fraction of sp³-hybridized carbons (Fsp3) is 0.176. The van der Waals surface area contributed by atoms with Crippen LogP contribution in [0.15, 0.2) is 42.7 Å². The van der Waals surface area contributed by atoms with Crippen LogP contribution in [0, 0.1) is 11.8 Å². The largest absolute Gasteiger partial charge is 0.384 e. The lowest BCUT2D eigenvalue weighted by molar-refractivity contribution is 0.0989. The maximum absolute atomic E-state index is 12.8. The van der Waals surface area contributed by atoms with Crippen LogP contribution in [0.4, 0.5) is 5.69 Å². The number of amides is 1. The fourth-order valence-electron chi connectivity index (χ4n) is 2.51. The molecule has 21 heavy (non-hydrogen) atoms. The van der Waals surface area contributed by atoms with Crippen molar-refractivity contribution in [2.24, 2.45) is 0 Å². The van der Waals surface area contributed by atoms with Crippen molar-refractivity contribution in [2.45, 2.75) is 6.42 Å². The molecule has 4 nitrogen and oxygen atoms in total. The SMILES string of the molecule is O=C(c1ccncc1C#CCO)N1CCc2ccccc21. The van der Waals surface area contributed by atoms with Crippen LogP contribution < -0.4 is 4.90 Å². The van der Waals surface area contributed by atoms with Crippen molar-refractivity contribution in [3.63, 3.8) is 0 Å². The molecule has 2 aromatic rings. The lowest BCUT2D eigenvalue weighted by Crippen LogP contribution is -2.29. The second kappa shape index (κ2) is 5.78. The first-order valence-electron chi connectivity index (χ1n) is 6.75. The van der Waals surface area contributed by atoms with E-state index in [1.807, 2.05) is 24.3 Å². The van der Waals surface area contributed by atoms with Crippen molar-refractivity contribution in [1.29, 1.82) is 0 Å². The van der Waals surface area contributed by atoms with E-state index in [2.05, 4.69) is 16.8 Å². The number of aromatic nitrogens is 1. The Kier molecular flexibility index (Phi) is 3.67. The third kappa shape index (κ3) is 2.51. The quantitative estimate of drug-likeness (QED) is 0.807. The van der Waals surface area contributed by atoms with Crippen LogP contribution in [-0.4, -0.2) is 29.1 Å². The van der Waals surface area contributed by atoms with Crippen molar-refractivity contribution in [2.75, 3.05) is 18.1 Å². The molecule has 1 N–H and O–H groups in total. The highest BCUT2D eigenvalue weighted by Gasteiger charge is 2.26. The minimum atomic E-state index is -0.241. The highest BCUT2D eigenvalue weighted by molar-refractivity contribution is 6.08. The first kappa shape index (κ1) is 13.3. The topological polar surface area (TPSA) is 53.4 Å². The maximum atomic E-state index is 12.8. The Balaban J connectivity index is 1.97. The third-order valence-corrected chi connectivity index (χ3v) is 3.49. The van der Waals surface area contributed by atoms with E-state index in [0.29, 0.717) is 17.7 Å². The van der Waals surface area contributed by atoms with Gasteiger partial charge in [0.2, 0.25) is 0 Å². The van der Waals surface area contributed by atoms with Gasteiger partial charge in [-0.25, -0.2) is 0 Å². The van der Waals surface area contributed by atoms with Crippen molar-refractivity contribution >= 4 is 11.6 Å². The number of nitrogens with zero attached hydrogens (tertiary/aromatic N) is 2. The van der Waals surface area contributed by atoms with Crippen LogP contribution in [0.25, 0.3) is 0 Å². The fourth-order valence-corrected chi connectivity index (χ4v) is 2.51. The molecule has 3 rings (SSSR count). The van der Waals surface area contributed by atoms with Crippen LogP contribution >= 0.6 is 0 Å². The number of para-hydroxylation sites is 1. The van der Waals surface area contributed by atoms with Crippen molar-refractivity contribution in [3.05, 3.63) is 59.4 Å². The molecular formula is C17H14N2O2. The molecule has 0 saturated carbocycles. The molecule has 0 unspecified atom stereocenters. The smallest absolute Gasteiger partial charge is 0.259 e. The Labute approximate surface area is 123 Å². The summed E-state index contributed by atoms with van der Waals surface area (Å²) in [6.45, 7) is 0.433. The minimum Gasteiger partial charge on any atom is -0.384 e. The Morgan fingerprint density at radius 3 is 3.05 bits per heavy atom. The summed E-state index contributed by atoms with van der Waals surface area (Å²) in [7, 11) is 0. The third-order valence-electron chi connectivity index (χ3n) is 3.49. The predicted octanol–water partition coefficient (Wildman–Crippen LogP) is 1.63. The molecule has 0 fully saturated rings. The Morgan fingerprint density at radius 1 is 1.33 bits per heavy atom. The van der Waals surface area contributed by atoms with E-state index in [1.54, 1.807) is 23.4 Å². The standard InChI is InChI=1S/C17H14N2O2/c20-11-3-5-14-12-18-9-7-15(14)17(21)19-10-8-13-4-1-2-6-16(13)19/h1-2,4,6-7,9,12,20H,8,10-11H2. The molecule has 1 aromatic heterocycles. The predicted molar refractivity (Wildman–Crippen MR) is 80.0 cm³/mol. The molecule has 0 saturated heterocycles. The van der Waals surface area contributed by atoms with Gasteiger partial charge in [-0.1, -0.05) is 30.0 Å². The summed E-state index contributed by atoms with van der Waals surface area (Å²) in [6.07, 6.45) is 4.00. The molecule has 2 heterocycles. The number of carbonyl (C=O) groups is 1. The van der Waals surface area contributed by atoms with Crippen LogP contribution in [0.5, 0.6) is 0 Å². The summed E-state index contributed by atoms with van der Waals surface area (Å²) in [5.41, 5.74) is 3.20. The normalized spacial score (nSPS) is 12.5. The van der Waals surface area contributed by atoms with Gasteiger partial charge < -0.3 is 10.0 Å². The van der Waals surface area contributed by atoms with Gasteiger partial charge in [0, 0.05) is 24.6 Å². The highest BCUT2D eigenvalue weighted by atomic mass is 16.2. The van der Waals surface area contributed by atoms with E-state index in [4.69, 9.17) is 5.11 Å². The van der Waals surface area contributed by atoms with Gasteiger partial charge in [0.15, 0.2) is 0 Å². The van der Waals surface area contributed by atoms with Gasteiger partial charge in [-0.2, -0.15) is 0 Å². The lowest BCUT2D eigenvalue weighted by Gasteiger charge is -2.18. The number of aliphatic hydroxyl groups excluding tert-OH is 1. The summed E-state index contributed by atoms with van der Waals surface area (Å²) < 4.78 is 0. The van der Waals surface area contributed by atoms with Crippen molar-refractivity contribution < 1.29 is 9.90 Å². The number of anilines is 1. The first-order valence-corrected chi connectivity index (χ1v) is 6.75. The van der Waals surface area contributed by atoms with E-state index >= 15 is 0 Å². The van der Waals surface area contributed by atoms with E-state index < -0.39 is 0 Å². The maximum Gasteiger partial charge on any atom is 0.259 e. The van der Waals surface area contributed by atoms with Gasteiger partial charge >= 0.3 is 0 Å². The zero-order valence-corrected chi connectivity index (χ0v) is 11.4. The molecule has 0 radical (unpaired) electrons. The Bertz CT molecular complexity index is 744. The van der Waals surface area contributed by atoms with Crippen LogP contribution in [0.1, 0.15) is 21.5 Å². The van der Waals surface area contributed by atoms with E-state index in [1.165, 1.54) is 5.56 Å². The molecule has 0 bridgehead atoms. The molecule has 4 heteroatoms. The second-order valence-electron chi connectivity index (χ2n) is 4.72. The van der Waals surface area contributed by atoms with Crippen LogP contribution in [0.3, 0.4) is 0 Å². The van der Waals surface area contributed by atoms with Gasteiger partial charge in [0.25, 0.3) is 5.91 Å². The molecule has 104 valence electrons. The molecule has 0 spiro atoms. The summed E-state index contributed by atoms with van der Waals surface area (Å²) >= 11 is 0. The summed E-state index contributed by atoms with van der Waals surface area (Å²) in [6, 6.07) is 9.59. The van der Waals surface area contributed by atoms with E-state index in [9.17, 15) is 4.79 Å². The van der Waals surface area contributed by atoms with Crippen LogP contribution in [0.2, 0.25) is 0 Å². The highest BCUT2D eigenvalue weighted by Crippen LogP contribution is 2.29. The monoisotopic (exact) mass is 278 g/mol. The first-order chi connectivity index (χ1) is 10.3. The molecule has 1 aliphatic heterocycles. The van der Waals surface area contributed by atoms with Gasteiger partial charge in [-0.15, -0.1) is 0 Å². The number of pyridine rings is 1. The zero-order chi connectivity index (χ0) is 14.7. The number of hydrogen-bond acceptors (Lipinski definition) is 3. The average Bonchev–Trinajstić information content (AvgIpc) is 2.96. The average molecular weight is 278 g/mol. The molecule has 1 amide bonds. The molecule has 0 atom stereocenters. The summed E-state index contributed by atoms with van der Waals surface area (Å²) in [5, 5.41) is 8.81. The lowest BCUT2D eigenvalue weighted by atomic mass is 10.1. The van der Waals surface area contributed by atoms with Gasteiger partial charge in [-0.05, 0) is 24.1 Å². The molecular weight excluding hydrogens is 264 g/mol. The number of aliphatic hydroxyl groups is 1. The number of benzene rings is 1. The van der Waals surface area contributed by atoms with Crippen molar-refractivity contribution in [3.8, 4) is 11.8 Å². The van der Waals surface area contributed by atoms with E-state index in [0.717, 1.165) is 12.1 Å². The second-order valence-corrected chi connectivity index (χ2v) is 4.72. The molecule has 1 aliphatic rings. The van der Waals surface area contributed by atoms with Gasteiger partial charge in [0.1, 0.15) is 6.61 Å². The number of rotatable bonds is 1. The van der Waals surface area contributed by atoms with E-state index in [-0.39, 0.29) is 12.5 Å². The number of fused-ring (bicyclic) bond motifs is 1. The van der Waals surface area contributed by atoms with Gasteiger partial charge in [-0.3, -0.25) is 9.78 Å². The number of carbonyl (C=O) groups excluding carboxylic acids is 1. The molecule has 0 aliphatic carbocycles.